The molecule has 0 spiro atoms. The van der Waals surface area contributed by atoms with Gasteiger partial charge in [0.05, 0.1) is 6.20 Å². The van der Waals surface area contributed by atoms with Crippen LogP contribution < -0.4 is 0 Å². The highest BCUT2D eigenvalue weighted by atomic mass is 79.9. The third-order valence-corrected chi connectivity index (χ3v) is 5.59. The van der Waals surface area contributed by atoms with E-state index < -0.39 is 10.0 Å². The molecule has 15 heavy (non-hydrogen) atoms. The van der Waals surface area contributed by atoms with Crippen molar-refractivity contribution in [3.63, 3.8) is 0 Å². The second-order valence-electron chi connectivity index (χ2n) is 3.75. The van der Waals surface area contributed by atoms with E-state index in [-0.39, 0.29) is 9.72 Å². The summed E-state index contributed by atoms with van der Waals surface area (Å²) in [6, 6.07) is 0. The second-order valence-corrected chi connectivity index (χ2v) is 6.86. The Morgan fingerprint density at radius 3 is 2.80 bits per heavy atom. The molecule has 1 saturated heterocycles. The summed E-state index contributed by atoms with van der Waals surface area (Å²) >= 11 is 3.47. The van der Waals surface area contributed by atoms with E-state index >= 15 is 0 Å². The second kappa shape index (κ2) is 3.88. The molecule has 2 unspecified atom stereocenters. The number of nitrogens with zero attached hydrogens (tertiary/aromatic N) is 2. The average Bonchev–Trinajstić information content (AvgIpc) is 2.77. The first-order chi connectivity index (χ1) is 7.01. The minimum atomic E-state index is -3.35. The minimum Gasteiger partial charge on any atom is -0.284 e. The molecule has 84 valence electrons. The minimum absolute atomic E-state index is 0.233. The summed E-state index contributed by atoms with van der Waals surface area (Å²) in [6.07, 6.45) is 2.74. The lowest BCUT2D eigenvalue weighted by atomic mass is 10.2. The standard InChI is InChI=1S/C8H12BrN3O2S/c1-6-4-12(5-8(6)9)15(13,14)7-2-10-11-3-7/h2-3,6,8H,4-5H2,1H3,(H,10,11). The van der Waals surface area contributed by atoms with Crippen LogP contribution in [0.4, 0.5) is 0 Å². The SMILES string of the molecule is CC1CN(S(=O)(=O)c2cn[nH]c2)CC1Br. The van der Waals surface area contributed by atoms with Crippen molar-refractivity contribution in [3.8, 4) is 0 Å². The number of hydrogen-bond acceptors (Lipinski definition) is 3. The number of nitrogens with one attached hydrogen (secondary N) is 1. The van der Waals surface area contributed by atoms with Gasteiger partial charge in [-0.3, -0.25) is 5.10 Å². The summed E-state index contributed by atoms with van der Waals surface area (Å²) in [5, 5.41) is 6.17. The summed E-state index contributed by atoms with van der Waals surface area (Å²) in [7, 11) is -3.35. The molecule has 0 aliphatic carbocycles. The predicted molar refractivity (Wildman–Crippen MR) is 59.2 cm³/mol. The molecule has 0 aromatic carbocycles. The Kier molecular flexibility index (Phi) is 2.87. The van der Waals surface area contributed by atoms with Gasteiger partial charge in [-0.05, 0) is 5.92 Å². The average molecular weight is 294 g/mol. The molecule has 0 amide bonds. The molecule has 1 aliphatic rings. The van der Waals surface area contributed by atoms with E-state index in [1.54, 1.807) is 0 Å². The summed E-state index contributed by atoms with van der Waals surface area (Å²) in [5.74, 6) is 0.340. The van der Waals surface area contributed by atoms with Gasteiger partial charge in [0.1, 0.15) is 4.90 Å². The smallest absolute Gasteiger partial charge is 0.246 e. The molecule has 0 radical (unpaired) electrons. The Morgan fingerprint density at radius 2 is 2.33 bits per heavy atom. The number of sulfonamides is 1. The molecule has 0 bridgehead atoms. The van der Waals surface area contributed by atoms with E-state index in [0.29, 0.717) is 19.0 Å². The van der Waals surface area contributed by atoms with Gasteiger partial charge < -0.3 is 0 Å². The number of hydrogen-bond donors (Lipinski definition) is 1. The summed E-state index contributed by atoms with van der Waals surface area (Å²) in [6.45, 7) is 3.11. The maximum Gasteiger partial charge on any atom is 0.246 e. The molecule has 7 heteroatoms. The van der Waals surface area contributed by atoms with Gasteiger partial charge in [0, 0.05) is 24.1 Å². The maximum absolute atomic E-state index is 12.0. The zero-order valence-corrected chi connectivity index (χ0v) is 10.6. The molecular formula is C8H12BrN3O2S. The summed E-state index contributed by atoms with van der Waals surface area (Å²) in [5.41, 5.74) is 0. The van der Waals surface area contributed by atoms with Crippen molar-refractivity contribution < 1.29 is 8.42 Å². The number of H-pyrrole nitrogens is 1. The maximum atomic E-state index is 12.0. The van der Waals surface area contributed by atoms with Crippen LogP contribution in [0.25, 0.3) is 0 Å². The van der Waals surface area contributed by atoms with Crippen LogP contribution in [0.15, 0.2) is 17.3 Å². The quantitative estimate of drug-likeness (QED) is 0.821. The largest absolute Gasteiger partial charge is 0.284 e. The fraction of sp³-hybridized carbons (Fsp3) is 0.625. The van der Waals surface area contributed by atoms with Crippen molar-refractivity contribution in [1.82, 2.24) is 14.5 Å². The molecule has 1 aromatic rings. The first-order valence-corrected chi connectivity index (χ1v) is 7.00. The van der Waals surface area contributed by atoms with Crippen LogP contribution in [0.2, 0.25) is 0 Å². The fourth-order valence-electron chi connectivity index (χ4n) is 1.61. The van der Waals surface area contributed by atoms with Crippen LogP contribution in [0.3, 0.4) is 0 Å². The number of aromatic nitrogens is 2. The number of rotatable bonds is 2. The molecule has 1 aliphatic heterocycles. The van der Waals surface area contributed by atoms with E-state index in [4.69, 9.17) is 0 Å². The number of alkyl halides is 1. The number of halogens is 1. The van der Waals surface area contributed by atoms with E-state index in [2.05, 4.69) is 26.1 Å². The lowest BCUT2D eigenvalue weighted by molar-refractivity contribution is 0.464. The molecule has 1 fully saturated rings. The van der Waals surface area contributed by atoms with Gasteiger partial charge in [0.25, 0.3) is 0 Å². The Hall–Kier alpha value is -0.400. The summed E-state index contributed by atoms with van der Waals surface area (Å²) < 4.78 is 25.6. The molecular weight excluding hydrogens is 282 g/mol. The normalized spacial score (nSPS) is 28.4. The Labute approximate surface area is 97.0 Å². The zero-order valence-electron chi connectivity index (χ0n) is 8.22. The van der Waals surface area contributed by atoms with Crippen LogP contribution in [0, 0.1) is 5.92 Å². The Bertz CT molecular complexity index is 421. The molecule has 2 rings (SSSR count). The predicted octanol–water partition coefficient (Wildman–Crippen LogP) is 0.814. The number of aromatic amines is 1. The van der Waals surface area contributed by atoms with Crippen molar-refractivity contribution in [2.45, 2.75) is 16.6 Å². The van der Waals surface area contributed by atoms with Gasteiger partial charge >= 0.3 is 0 Å². The highest BCUT2D eigenvalue weighted by Gasteiger charge is 2.36. The van der Waals surface area contributed by atoms with Crippen molar-refractivity contribution in [2.24, 2.45) is 5.92 Å². The molecule has 1 aromatic heterocycles. The van der Waals surface area contributed by atoms with Gasteiger partial charge in [-0.15, -0.1) is 0 Å². The highest BCUT2D eigenvalue weighted by molar-refractivity contribution is 9.09. The van der Waals surface area contributed by atoms with Crippen LogP contribution >= 0.6 is 15.9 Å². The highest BCUT2D eigenvalue weighted by Crippen LogP contribution is 2.27. The van der Waals surface area contributed by atoms with E-state index in [9.17, 15) is 8.42 Å². The Morgan fingerprint density at radius 1 is 1.60 bits per heavy atom. The van der Waals surface area contributed by atoms with Gasteiger partial charge in [0.15, 0.2) is 0 Å². The van der Waals surface area contributed by atoms with Crippen molar-refractivity contribution in [3.05, 3.63) is 12.4 Å². The van der Waals surface area contributed by atoms with E-state index in [1.807, 2.05) is 6.92 Å². The third kappa shape index (κ3) is 1.95. The molecule has 0 saturated carbocycles. The van der Waals surface area contributed by atoms with Crippen LogP contribution in [-0.2, 0) is 10.0 Å². The first-order valence-electron chi connectivity index (χ1n) is 4.65. The molecule has 2 heterocycles. The lowest BCUT2D eigenvalue weighted by Gasteiger charge is -2.13. The van der Waals surface area contributed by atoms with Crippen molar-refractivity contribution in [1.29, 1.82) is 0 Å². The van der Waals surface area contributed by atoms with Gasteiger partial charge in [0.2, 0.25) is 10.0 Å². The molecule has 5 nitrogen and oxygen atoms in total. The van der Waals surface area contributed by atoms with Crippen LogP contribution in [0.5, 0.6) is 0 Å². The van der Waals surface area contributed by atoms with Gasteiger partial charge in [-0.25, -0.2) is 8.42 Å². The monoisotopic (exact) mass is 293 g/mol. The molecule has 1 N–H and O–H groups in total. The van der Waals surface area contributed by atoms with Gasteiger partial charge in [-0.1, -0.05) is 22.9 Å². The molecule has 2 atom stereocenters. The van der Waals surface area contributed by atoms with Gasteiger partial charge in [-0.2, -0.15) is 9.40 Å². The summed E-state index contributed by atoms with van der Waals surface area (Å²) in [4.78, 5) is 0.468. The van der Waals surface area contributed by atoms with Crippen LogP contribution in [-0.4, -0.2) is 40.8 Å². The zero-order chi connectivity index (χ0) is 11.1. The van der Waals surface area contributed by atoms with E-state index in [1.165, 1.54) is 16.7 Å². The third-order valence-electron chi connectivity index (χ3n) is 2.60. The van der Waals surface area contributed by atoms with Crippen molar-refractivity contribution in [2.75, 3.05) is 13.1 Å². The fourth-order valence-corrected chi connectivity index (χ4v) is 3.79. The first kappa shape index (κ1) is 11.1. The Balaban J connectivity index is 2.25. The van der Waals surface area contributed by atoms with E-state index in [0.717, 1.165) is 0 Å². The van der Waals surface area contributed by atoms with Crippen LogP contribution in [0.1, 0.15) is 6.92 Å². The topological polar surface area (TPSA) is 66.1 Å². The lowest BCUT2D eigenvalue weighted by Crippen LogP contribution is -2.28. The van der Waals surface area contributed by atoms with Crippen molar-refractivity contribution >= 4 is 26.0 Å².